The molecule has 0 aliphatic heterocycles. The normalized spacial score (nSPS) is 12.2. The smallest absolute Gasteiger partial charge is 0.127 e. The topological polar surface area (TPSA) is 29.5 Å². The standard InChI is InChI=1S/C14H13ClO2/c1-10(16)11-3-2-4-14(9-11)17-13-7-5-12(15)6-8-13/h2-10,16H,1H3. The lowest BCUT2D eigenvalue weighted by Crippen LogP contribution is -1.91. The van der Waals surface area contributed by atoms with Crippen LogP contribution in [0.4, 0.5) is 0 Å². The Labute approximate surface area is 105 Å². The zero-order chi connectivity index (χ0) is 12.3. The van der Waals surface area contributed by atoms with Crippen LogP contribution in [-0.2, 0) is 0 Å². The van der Waals surface area contributed by atoms with Crippen molar-refractivity contribution < 1.29 is 9.84 Å². The molecule has 2 aromatic carbocycles. The Morgan fingerprint density at radius 2 is 1.76 bits per heavy atom. The van der Waals surface area contributed by atoms with Crippen LogP contribution in [-0.4, -0.2) is 5.11 Å². The van der Waals surface area contributed by atoms with Gasteiger partial charge in [0.15, 0.2) is 0 Å². The first-order valence-corrected chi connectivity index (χ1v) is 5.74. The predicted molar refractivity (Wildman–Crippen MR) is 68.6 cm³/mol. The van der Waals surface area contributed by atoms with Crippen molar-refractivity contribution in [2.45, 2.75) is 13.0 Å². The summed E-state index contributed by atoms with van der Waals surface area (Å²) in [4.78, 5) is 0. The minimum Gasteiger partial charge on any atom is -0.457 e. The van der Waals surface area contributed by atoms with Gasteiger partial charge in [-0.05, 0) is 48.9 Å². The van der Waals surface area contributed by atoms with Gasteiger partial charge in [-0.3, -0.25) is 0 Å². The van der Waals surface area contributed by atoms with E-state index in [1.54, 1.807) is 31.2 Å². The minimum absolute atomic E-state index is 0.497. The molecule has 17 heavy (non-hydrogen) atoms. The second kappa shape index (κ2) is 5.21. The molecule has 2 aromatic rings. The van der Waals surface area contributed by atoms with Gasteiger partial charge in [-0.2, -0.15) is 0 Å². The average Bonchev–Trinajstić information content (AvgIpc) is 2.32. The average molecular weight is 249 g/mol. The third kappa shape index (κ3) is 3.22. The molecule has 2 nitrogen and oxygen atoms in total. The van der Waals surface area contributed by atoms with Crippen LogP contribution in [0, 0.1) is 0 Å². The zero-order valence-corrected chi connectivity index (χ0v) is 10.2. The lowest BCUT2D eigenvalue weighted by Gasteiger charge is -2.09. The highest BCUT2D eigenvalue weighted by Crippen LogP contribution is 2.25. The van der Waals surface area contributed by atoms with E-state index < -0.39 is 6.10 Å². The predicted octanol–water partition coefficient (Wildman–Crippen LogP) is 4.19. The van der Waals surface area contributed by atoms with E-state index in [0.717, 1.165) is 11.3 Å². The van der Waals surface area contributed by atoms with E-state index in [-0.39, 0.29) is 0 Å². The van der Waals surface area contributed by atoms with E-state index in [4.69, 9.17) is 16.3 Å². The Morgan fingerprint density at radius 1 is 1.06 bits per heavy atom. The van der Waals surface area contributed by atoms with Crippen LogP contribution in [0.25, 0.3) is 0 Å². The number of rotatable bonds is 3. The summed E-state index contributed by atoms with van der Waals surface area (Å²) in [5.74, 6) is 1.42. The molecule has 0 spiro atoms. The first-order valence-electron chi connectivity index (χ1n) is 5.36. The summed E-state index contributed by atoms with van der Waals surface area (Å²) >= 11 is 5.79. The fourth-order valence-electron chi connectivity index (χ4n) is 1.48. The molecular weight excluding hydrogens is 236 g/mol. The SMILES string of the molecule is CC(O)c1cccc(Oc2ccc(Cl)cc2)c1. The third-order valence-electron chi connectivity index (χ3n) is 2.39. The van der Waals surface area contributed by atoms with E-state index in [2.05, 4.69) is 0 Å². The van der Waals surface area contributed by atoms with Gasteiger partial charge in [0.05, 0.1) is 6.10 Å². The second-order valence-electron chi connectivity index (χ2n) is 3.80. The molecule has 1 N–H and O–H groups in total. The molecule has 0 fully saturated rings. The number of aliphatic hydroxyl groups is 1. The molecular formula is C14H13ClO2. The summed E-state index contributed by atoms with van der Waals surface area (Å²) in [6.07, 6.45) is -0.497. The van der Waals surface area contributed by atoms with Crippen molar-refractivity contribution in [2.75, 3.05) is 0 Å². The molecule has 0 aliphatic rings. The van der Waals surface area contributed by atoms with Crippen molar-refractivity contribution in [1.29, 1.82) is 0 Å². The molecule has 0 bridgehead atoms. The maximum absolute atomic E-state index is 9.48. The van der Waals surface area contributed by atoms with E-state index in [0.29, 0.717) is 10.8 Å². The van der Waals surface area contributed by atoms with E-state index in [1.165, 1.54) is 0 Å². The number of hydrogen-bond donors (Lipinski definition) is 1. The molecule has 0 aliphatic carbocycles. The van der Waals surface area contributed by atoms with Crippen LogP contribution >= 0.6 is 11.6 Å². The van der Waals surface area contributed by atoms with Gasteiger partial charge in [0.1, 0.15) is 11.5 Å². The van der Waals surface area contributed by atoms with Crippen molar-refractivity contribution in [3.8, 4) is 11.5 Å². The molecule has 3 heteroatoms. The van der Waals surface area contributed by atoms with Crippen molar-refractivity contribution in [3.05, 3.63) is 59.1 Å². The molecule has 0 saturated carbocycles. The summed E-state index contributed by atoms with van der Waals surface area (Å²) in [6, 6.07) is 14.5. The number of benzene rings is 2. The van der Waals surface area contributed by atoms with Gasteiger partial charge in [0.25, 0.3) is 0 Å². The van der Waals surface area contributed by atoms with Crippen molar-refractivity contribution >= 4 is 11.6 Å². The third-order valence-corrected chi connectivity index (χ3v) is 2.64. The number of halogens is 1. The highest BCUT2D eigenvalue weighted by molar-refractivity contribution is 6.30. The monoisotopic (exact) mass is 248 g/mol. The van der Waals surface area contributed by atoms with Crippen molar-refractivity contribution in [3.63, 3.8) is 0 Å². The Bertz CT molecular complexity index is 492. The van der Waals surface area contributed by atoms with Gasteiger partial charge in [-0.15, -0.1) is 0 Å². The lowest BCUT2D eigenvalue weighted by atomic mass is 10.1. The molecule has 88 valence electrons. The zero-order valence-electron chi connectivity index (χ0n) is 9.43. The molecule has 1 atom stereocenters. The largest absolute Gasteiger partial charge is 0.457 e. The Morgan fingerprint density at radius 3 is 2.41 bits per heavy atom. The fraction of sp³-hybridized carbons (Fsp3) is 0.143. The van der Waals surface area contributed by atoms with E-state index in [9.17, 15) is 5.11 Å². The number of ether oxygens (including phenoxy) is 1. The van der Waals surface area contributed by atoms with Gasteiger partial charge < -0.3 is 9.84 Å². The summed E-state index contributed by atoms with van der Waals surface area (Å²) in [6.45, 7) is 1.72. The fourth-order valence-corrected chi connectivity index (χ4v) is 1.60. The van der Waals surface area contributed by atoms with Crippen molar-refractivity contribution in [2.24, 2.45) is 0 Å². The highest BCUT2D eigenvalue weighted by atomic mass is 35.5. The van der Waals surface area contributed by atoms with Crippen LogP contribution in [0.2, 0.25) is 5.02 Å². The Balaban J connectivity index is 2.18. The second-order valence-corrected chi connectivity index (χ2v) is 4.24. The molecule has 0 radical (unpaired) electrons. The summed E-state index contributed by atoms with van der Waals surface area (Å²) in [5.41, 5.74) is 0.830. The Kier molecular flexibility index (Phi) is 3.67. The first-order chi connectivity index (χ1) is 8.15. The molecule has 0 amide bonds. The van der Waals surface area contributed by atoms with Gasteiger partial charge >= 0.3 is 0 Å². The van der Waals surface area contributed by atoms with Crippen LogP contribution in [0.5, 0.6) is 11.5 Å². The molecule has 2 rings (SSSR count). The minimum atomic E-state index is -0.497. The molecule has 0 saturated heterocycles. The van der Waals surface area contributed by atoms with Crippen molar-refractivity contribution in [1.82, 2.24) is 0 Å². The maximum Gasteiger partial charge on any atom is 0.127 e. The van der Waals surface area contributed by atoms with Gasteiger partial charge in [0.2, 0.25) is 0 Å². The van der Waals surface area contributed by atoms with Crippen LogP contribution < -0.4 is 4.74 Å². The van der Waals surface area contributed by atoms with Gasteiger partial charge in [-0.1, -0.05) is 23.7 Å². The first kappa shape index (κ1) is 12.0. The maximum atomic E-state index is 9.48. The summed E-state index contributed by atoms with van der Waals surface area (Å²) in [5, 5.41) is 10.2. The van der Waals surface area contributed by atoms with Gasteiger partial charge in [-0.25, -0.2) is 0 Å². The van der Waals surface area contributed by atoms with Gasteiger partial charge in [0, 0.05) is 5.02 Å². The van der Waals surface area contributed by atoms with Crippen LogP contribution in [0.1, 0.15) is 18.6 Å². The highest BCUT2D eigenvalue weighted by Gasteiger charge is 2.03. The van der Waals surface area contributed by atoms with Crippen LogP contribution in [0.15, 0.2) is 48.5 Å². The summed E-state index contributed by atoms with van der Waals surface area (Å²) in [7, 11) is 0. The van der Waals surface area contributed by atoms with E-state index in [1.807, 2.05) is 24.3 Å². The molecule has 1 unspecified atom stereocenters. The Hall–Kier alpha value is -1.51. The quantitative estimate of drug-likeness (QED) is 0.883. The number of aliphatic hydroxyl groups excluding tert-OH is 1. The lowest BCUT2D eigenvalue weighted by molar-refractivity contribution is 0.199. The number of hydrogen-bond acceptors (Lipinski definition) is 2. The van der Waals surface area contributed by atoms with E-state index >= 15 is 0 Å². The molecule has 0 aromatic heterocycles. The van der Waals surface area contributed by atoms with Crippen LogP contribution in [0.3, 0.4) is 0 Å². The summed E-state index contributed by atoms with van der Waals surface area (Å²) < 4.78 is 5.65. The molecule has 0 heterocycles.